The smallest absolute Gasteiger partial charge is 0.287 e. The molecule has 2 aromatic carbocycles. The van der Waals surface area contributed by atoms with Gasteiger partial charge in [-0.3, -0.25) is 24.0 Å². The molecule has 0 spiro atoms. The fourth-order valence-electron chi connectivity index (χ4n) is 4.86. The van der Waals surface area contributed by atoms with Crippen molar-refractivity contribution in [2.75, 3.05) is 13.1 Å². The lowest BCUT2D eigenvalue weighted by molar-refractivity contribution is -0.138. The maximum absolute atomic E-state index is 12.7. The number of unbranched alkanes of at least 4 members (excludes halogenated alkanes) is 2. The van der Waals surface area contributed by atoms with Gasteiger partial charge in [-0.05, 0) is 47.9 Å². The molecule has 0 aromatic heterocycles. The molecule has 0 fully saturated rings. The number of hydrogen-bond donors (Lipinski definition) is 2. The highest BCUT2D eigenvalue weighted by molar-refractivity contribution is 6.36. The topological polar surface area (TPSA) is 109 Å². The van der Waals surface area contributed by atoms with Crippen LogP contribution < -0.4 is 10.6 Å². The van der Waals surface area contributed by atoms with Crippen molar-refractivity contribution in [3.8, 4) is 11.1 Å². The van der Waals surface area contributed by atoms with E-state index in [0.717, 1.165) is 41.5 Å². The molecule has 0 saturated heterocycles. The number of nitrogens with one attached hydrogen (secondary N) is 2. The number of carbonyl (C=O) groups is 5. The summed E-state index contributed by atoms with van der Waals surface area (Å²) in [6.45, 7) is 2.83. The lowest BCUT2D eigenvalue weighted by Gasteiger charge is -2.13. The minimum atomic E-state index is -0.554. The standard InChI is InChI=1S/C31H38N2O5/c1-2-10-22(34)15-16-23(35)17-18-30(37)32-19-8-3-9-20-33-31(38)29(36)21-28-26-13-6-4-11-24(26)25-12-5-7-14-27(25)28/h4-7,11-14,28H,2-3,8-10,15-21H2,1H3,(H,32,37)(H,33,38). The summed E-state index contributed by atoms with van der Waals surface area (Å²) in [5, 5.41) is 5.53. The van der Waals surface area contributed by atoms with Gasteiger partial charge in [0, 0.05) is 57.5 Å². The van der Waals surface area contributed by atoms with Crippen LogP contribution in [0.3, 0.4) is 0 Å². The Hall–Kier alpha value is -3.61. The van der Waals surface area contributed by atoms with Crippen LogP contribution in [0.15, 0.2) is 48.5 Å². The first kappa shape index (κ1) is 29.0. The van der Waals surface area contributed by atoms with Gasteiger partial charge in [-0.1, -0.05) is 55.5 Å². The van der Waals surface area contributed by atoms with E-state index in [1.807, 2.05) is 43.3 Å². The molecule has 38 heavy (non-hydrogen) atoms. The average molecular weight is 519 g/mol. The third-order valence-corrected chi connectivity index (χ3v) is 6.91. The van der Waals surface area contributed by atoms with E-state index in [1.54, 1.807) is 0 Å². The first-order valence-corrected chi connectivity index (χ1v) is 13.7. The second-order valence-electron chi connectivity index (χ2n) is 9.85. The summed E-state index contributed by atoms with van der Waals surface area (Å²) in [5.74, 6) is -1.22. The van der Waals surface area contributed by atoms with Gasteiger partial charge < -0.3 is 10.6 Å². The molecule has 202 valence electrons. The maximum Gasteiger partial charge on any atom is 0.287 e. The van der Waals surface area contributed by atoms with Gasteiger partial charge in [-0.15, -0.1) is 0 Å². The van der Waals surface area contributed by atoms with Crippen LogP contribution in [0.25, 0.3) is 11.1 Å². The number of benzene rings is 2. The molecule has 0 unspecified atom stereocenters. The summed E-state index contributed by atoms with van der Waals surface area (Å²) in [5.41, 5.74) is 4.42. The molecular formula is C31H38N2O5. The SMILES string of the molecule is CCCC(=O)CCC(=O)CCC(=O)NCCCCCNC(=O)C(=O)CC1c2ccccc2-c2ccccc21. The summed E-state index contributed by atoms with van der Waals surface area (Å²) in [7, 11) is 0. The van der Waals surface area contributed by atoms with Crippen LogP contribution in [-0.2, 0) is 24.0 Å². The number of Topliss-reactive ketones (excluding diaryl/α,β-unsaturated/α-hetero) is 3. The molecule has 0 saturated carbocycles. The molecule has 7 heteroatoms. The molecule has 7 nitrogen and oxygen atoms in total. The van der Waals surface area contributed by atoms with Crippen molar-refractivity contribution in [2.45, 2.75) is 77.0 Å². The number of carbonyl (C=O) groups excluding carboxylic acids is 5. The number of amides is 2. The van der Waals surface area contributed by atoms with Crippen molar-refractivity contribution < 1.29 is 24.0 Å². The third-order valence-electron chi connectivity index (χ3n) is 6.91. The minimum absolute atomic E-state index is 0.0590. The van der Waals surface area contributed by atoms with Gasteiger partial charge in [0.25, 0.3) is 5.91 Å². The average Bonchev–Trinajstić information content (AvgIpc) is 3.23. The Kier molecular flexibility index (Phi) is 11.4. The van der Waals surface area contributed by atoms with Crippen molar-refractivity contribution >= 4 is 29.2 Å². The van der Waals surface area contributed by atoms with Crippen LogP contribution in [0, 0.1) is 0 Å². The van der Waals surface area contributed by atoms with Crippen LogP contribution >= 0.6 is 0 Å². The quantitative estimate of drug-likeness (QED) is 0.234. The zero-order chi connectivity index (χ0) is 27.3. The Bertz CT molecular complexity index is 1110. The van der Waals surface area contributed by atoms with Crippen molar-refractivity contribution in [3.05, 3.63) is 59.7 Å². The van der Waals surface area contributed by atoms with Gasteiger partial charge in [0.05, 0.1) is 0 Å². The van der Waals surface area contributed by atoms with Gasteiger partial charge >= 0.3 is 0 Å². The molecule has 2 amide bonds. The zero-order valence-corrected chi connectivity index (χ0v) is 22.2. The van der Waals surface area contributed by atoms with Gasteiger partial charge in [0.15, 0.2) is 0 Å². The fourth-order valence-corrected chi connectivity index (χ4v) is 4.86. The predicted octanol–water partition coefficient (Wildman–Crippen LogP) is 4.66. The molecule has 1 aliphatic carbocycles. The molecule has 0 heterocycles. The highest BCUT2D eigenvalue weighted by Gasteiger charge is 2.31. The van der Waals surface area contributed by atoms with E-state index in [4.69, 9.17) is 0 Å². The molecule has 0 bridgehead atoms. The van der Waals surface area contributed by atoms with Crippen LogP contribution in [0.2, 0.25) is 0 Å². The Morgan fingerprint density at radius 2 is 1.18 bits per heavy atom. The summed E-state index contributed by atoms with van der Waals surface area (Å²) < 4.78 is 0. The van der Waals surface area contributed by atoms with E-state index in [-0.39, 0.29) is 55.5 Å². The Morgan fingerprint density at radius 1 is 0.658 bits per heavy atom. The monoisotopic (exact) mass is 518 g/mol. The summed E-state index contributed by atoms with van der Waals surface area (Å²) in [4.78, 5) is 60.3. The molecule has 2 aromatic rings. The third kappa shape index (κ3) is 8.47. The van der Waals surface area contributed by atoms with E-state index < -0.39 is 11.7 Å². The van der Waals surface area contributed by atoms with Gasteiger partial charge in [-0.25, -0.2) is 0 Å². The predicted molar refractivity (Wildman–Crippen MR) is 147 cm³/mol. The Labute approximate surface area is 224 Å². The van der Waals surface area contributed by atoms with E-state index in [2.05, 4.69) is 22.8 Å². The second kappa shape index (κ2) is 15.0. The van der Waals surface area contributed by atoms with Crippen LogP contribution in [0.5, 0.6) is 0 Å². The molecule has 0 atom stereocenters. The molecule has 3 rings (SSSR count). The number of fused-ring (bicyclic) bond motifs is 3. The van der Waals surface area contributed by atoms with Gasteiger partial charge in [-0.2, -0.15) is 0 Å². The summed E-state index contributed by atoms with van der Waals surface area (Å²) in [6, 6.07) is 16.1. The highest BCUT2D eigenvalue weighted by Crippen LogP contribution is 2.46. The lowest BCUT2D eigenvalue weighted by atomic mass is 9.91. The number of hydrogen-bond acceptors (Lipinski definition) is 5. The maximum atomic E-state index is 12.7. The number of ketones is 3. The van der Waals surface area contributed by atoms with E-state index >= 15 is 0 Å². The summed E-state index contributed by atoms with van der Waals surface area (Å²) >= 11 is 0. The van der Waals surface area contributed by atoms with Crippen LogP contribution in [0.4, 0.5) is 0 Å². The van der Waals surface area contributed by atoms with E-state index in [1.165, 1.54) is 0 Å². The molecule has 2 N–H and O–H groups in total. The minimum Gasteiger partial charge on any atom is -0.356 e. The highest BCUT2D eigenvalue weighted by atomic mass is 16.2. The van der Waals surface area contributed by atoms with Crippen LogP contribution in [-0.4, -0.2) is 42.3 Å². The van der Waals surface area contributed by atoms with Crippen molar-refractivity contribution in [1.82, 2.24) is 10.6 Å². The van der Waals surface area contributed by atoms with E-state index in [9.17, 15) is 24.0 Å². The van der Waals surface area contributed by atoms with Crippen molar-refractivity contribution in [3.63, 3.8) is 0 Å². The largest absolute Gasteiger partial charge is 0.356 e. The Balaban J connectivity index is 1.27. The molecular weight excluding hydrogens is 480 g/mol. The van der Waals surface area contributed by atoms with Crippen molar-refractivity contribution in [2.24, 2.45) is 0 Å². The lowest BCUT2D eigenvalue weighted by Crippen LogP contribution is -2.32. The van der Waals surface area contributed by atoms with Crippen molar-refractivity contribution in [1.29, 1.82) is 0 Å². The second-order valence-corrected chi connectivity index (χ2v) is 9.85. The van der Waals surface area contributed by atoms with Crippen LogP contribution in [0.1, 0.15) is 88.2 Å². The zero-order valence-electron chi connectivity index (χ0n) is 22.2. The number of rotatable bonds is 17. The van der Waals surface area contributed by atoms with E-state index in [0.29, 0.717) is 25.9 Å². The first-order chi connectivity index (χ1) is 18.4. The molecule has 0 aliphatic heterocycles. The molecule has 0 radical (unpaired) electrons. The molecule has 1 aliphatic rings. The fraction of sp³-hybridized carbons (Fsp3) is 0.452. The first-order valence-electron chi connectivity index (χ1n) is 13.7. The van der Waals surface area contributed by atoms with Gasteiger partial charge in [0.2, 0.25) is 11.7 Å². The normalized spacial score (nSPS) is 11.9. The van der Waals surface area contributed by atoms with Gasteiger partial charge in [0.1, 0.15) is 11.6 Å². The summed E-state index contributed by atoms with van der Waals surface area (Å²) in [6.07, 6.45) is 4.42. The Morgan fingerprint density at radius 3 is 1.79 bits per heavy atom.